The first-order valence-corrected chi connectivity index (χ1v) is 14.2. The maximum atomic E-state index is 2.56. The minimum Gasteiger partial charge on any atom is -0.312 e. The number of allylic oxidation sites excluding steroid dienone is 4. The van der Waals surface area contributed by atoms with Crippen molar-refractivity contribution >= 4 is 65.4 Å². The molecular weight excluding hydrogens is 482 g/mol. The van der Waals surface area contributed by atoms with Gasteiger partial charge in [-0.2, -0.15) is 0 Å². The highest BCUT2D eigenvalue weighted by Gasteiger charge is 2.35. The predicted octanol–water partition coefficient (Wildman–Crippen LogP) is 10.9. The molecule has 0 amide bonds. The quantitative estimate of drug-likeness (QED) is 0.203. The second-order valence-electron chi connectivity index (χ2n) is 11.8. The molecule has 1 aromatic heterocycles. The van der Waals surface area contributed by atoms with Gasteiger partial charge in [0, 0.05) is 32.7 Å². The standard InChI is InChI=1S/C39H31N/c1-24(23-35-25(2)27-14-11-12-20-34(27)39(35,3)4)40-37-28-15-6-5-13-26(28)21-22-33(37)36-31-18-9-7-16-29(31)30-17-8-10-19-32(30)38(36)40/h5-23H,1-4H3/b24-23+. The average molecular weight is 514 g/mol. The van der Waals surface area contributed by atoms with Gasteiger partial charge in [-0.25, -0.2) is 0 Å². The molecule has 8 rings (SSSR count). The zero-order valence-corrected chi connectivity index (χ0v) is 23.4. The molecule has 1 aliphatic rings. The fourth-order valence-corrected chi connectivity index (χ4v) is 7.47. The monoisotopic (exact) mass is 513 g/mol. The van der Waals surface area contributed by atoms with Crippen molar-refractivity contribution in [2.75, 3.05) is 0 Å². The highest BCUT2D eigenvalue weighted by molar-refractivity contribution is 6.34. The molecule has 0 spiro atoms. The summed E-state index contributed by atoms with van der Waals surface area (Å²) in [5.74, 6) is 0. The topological polar surface area (TPSA) is 4.93 Å². The van der Waals surface area contributed by atoms with Gasteiger partial charge in [0.15, 0.2) is 0 Å². The number of hydrogen-bond donors (Lipinski definition) is 0. The van der Waals surface area contributed by atoms with E-state index in [0.29, 0.717) is 0 Å². The van der Waals surface area contributed by atoms with Gasteiger partial charge in [0.05, 0.1) is 11.0 Å². The maximum Gasteiger partial charge on any atom is 0.0622 e. The molecule has 0 fully saturated rings. The molecule has 1 aliphatic carbocycles. The van der Waals surface area contributed by atoms with Crippen molar-refractivity contribution in [3.8, 4) is 0 Å². The Kier molecular flexibility index (Phi) is 4.77. The Labute approximate surface area is 234 Å². The third kappa shape index (κ3) is 2.98. The van der Waals surface area contributed by atoms with Crippen molar-refractivity contribution in [2.24, 2.45) is 0 Å². The zero-order chi connectivity index (χ0) is 27.2. The van der Waals surface area contributed by atoms with Crippen LogP contribution in [0.2, 0.25) is 0 Å². The number of fused-ring (bicyclic) bond motifs is 11. The highest BCUT2D eigenvalue weighted by Crippen LogP contribution is 2.48. The van der Waals surface area contributed by atoms with Gasteiger partial charge < -0.3 is 4.57 Å². The van der Waals surface area contributed by atoms with E-state index >= 15 is 0 Å². The zero-order valence-electron chi connectivity index (χ0n) is 23.4. The lowest BCUT2D eigenvalue weighted by Crippen LogP contribution is -2.16. The van der Waals surface area contributed by atoms with Crippen molar-refractivity contribution in [3.05, 3.63) is 132 Å². The minimum atomic E-state index is -0.0580. The second-order valence-corrected chi connectivity index (χ2v) is 11.8. The minimum absolute atomic E-state index is 0.0580. The molecule has 0 saturated heterocycles. The summed E-state index contributed by atoms with van der Waals surface area (Å²) in [4.78, 5) is 0. The van der Waals surface area contributed by atoms with Gasteiger partial charge in [0.25, 0.3) is 0 Å². The van der Waals surface area contributed by atoms with Gasteiger partial charge >= 0.3 is 0 Å². The molecular formula is C39H31N. The van der Waals surface area contributed by atoms with Crippen molar-refractivity contribution in [1.29, 1.82) is 0 Å². The Morgan fingerprint density at radius 2 is 1.20 bits per heavy atom. The summed E-state index contributed by atoms with van der Waals surface area (Å²) in [6, 6.07) is 40.2. The SMILES string of the molecule is CC1=C(/C=C(\C)n2c3c4ccccc4ccc3c3c4ccccc4c4ccccc4c32)C(C)(C)c2ccccc21. The summed E-state index contributed by atoms with van der Waals surface area (Å²) in [6.45, 7) is 9.32. The lowest BCUT2D eigenvalue weighted by Gasteiger charge is -2.24. The van der Waals surface area contributed by atoms with Crippen LogP contribution in [0.5, 0.6) is 0 Å². The van der Waals surface area contributed by atoms with E-state index in [9.17, 15) is 0 Å². The van der Waals surface area contributed by atoms with Crippen molar-refractivity contribution in [2.45, 2.75) is 33.1 Å². The molecule has 0 atom stereocenters. The molecule has 0 bridgehead atoms. The first-order valence-electron chi connectivity index (χ1n) is 14.2. The van der Waals surface area contributed by atoms with E-state index in [-0.39, 0.29) is 5.41 Å². The molecule has 1 heteroatoms. The van der Waals surface area contributed by atoms with Crippen LogP contribution in [0.25, 0.3) is 65.4 Å². The van der Waals surface area contributed by atoms with E-state index in [0.717, 1.165) is 0 Å². The lowest BCUT2D eigenvalue weighted by molar-refractivity contribution is 0.653. The van der Waals surface area contributed by atoms with Gasteiger partial charge in [0.1, 0.15) is 0 Å². The van der Waals surface area contributed by atoms with Gasteiger partial charge in [-0.3, -0.25) is 0 Å². The summed E-state index contributed by atoms with van der Waals surface area (Å²) in [5.41, 5.74) is 9.32. The molecule has 6 aromatic carbocycles. The first-order chi connectivity index (χ1) is 19.5. The maximum absolute atomic E-state index is 2.56. The summed E-state index contributed by atoms with van der Waals surface area (Å²) in [5, 5.41) is 10.4. The Hall–Kier alpha value is -4.62. The van der Waals surface area contributed by atoms with E-state index in [1.54, 1.807) is 0 Å². The van der Waals surface area contributed by atoms with Crippen molar-refractivity contribution in [1.82, 2.24) is 4.57 Å². The number of nitrogens with zero attached hydrogens (tertiary/aromatic N) is 1. The molecule has 1 heterocycles. The van der Waals surface area contributed by atoms with Gasteiger partial charge in [-0.05, 0) is 63.7 Å². The Morgan fingerprint density at radius 3 is 1.95 bits per heavy atom. The van der Waals surface area contributed by atoms with Crippen LogP contribution < -0.4 is 0 Å². The fraction of sp³-hybridized carbons (Fsp3) is 0.128. The Morgan fingerprint density at radius 1 is 0.600 bits per heavy atom. The predicted molar refractivity (Wildman–Crippen MR) is 174 cm³/mol. The van der Waals surface area contributed by atoms with Crippen LogP contribution in [0, 0.1) is 0 Å². The van der Waals surface area contributed by atoms with Crippen LogP contribution in [0.1, 0.15) is 38.8 Å². The second kappa shape index (κ2) is 8.19. The highest BCUT2D eigenvalue weighted by atomic mass is 15.0. The van der Waals surface area contributed by atoms with Gasteiger partial charge in [-0.1, -0.05) is 123 Å². The van der Waals surface area contributed by atoms with Crippen LogP contribution in [-0.4, -0.2) is 4.57 Å². The van der Waals surface area contributed by atoms with Crippen LogP contribution >= 0.6 is 0 Å². The molecule has 40 heavy (non-hydrogen) atoms. The van der Waals surface area contributed by atoms with Crippen LogP contribution in [0.3, 0.4) is 0 Å². The van der Waals surface area contributed by atoms with E-state index in [2.05, 4.69) is 148 Å². The van der Waals surface area contributed by atoms with Crippen molar-refractivity contribution in [3.63, 3.8) is 0 Å². The normalized spacial score (nSPS) is 15.2. The average Bonchev–Trinajstić information content (AvgIpc) is 3.44. The summed E-state index contributed by atoms with van der Waals surface area (Å²) < 4.78 is 2.56. The molecule has 0 unspecified atom stereocenters. The lowest BCUT2D eigenvalue weighted by atomic mass is 9.81. The third-order valence-corrected chi connectivity index (χ3v) is 9.31. The summed E-state index contributed by atoms with van der Waals surface area (Å²) >= 11 is 0. The Balaban J connectivity index is 1.58. The number of hydrogen-bond acceptors (Lipinski definition) is 0. The smallest absolute Gasteiger partial charge is 0.0622 e. The van der Waals surface area contributed by atoms with Crippen LogP contribution in [0.15, 0.2) is 121 Å². The van der Waals surface area contributed by atoms with E-state index in [1.807, 2.05) is 0 Å². The fourth-order valence-electron chi connectivity index (χ4n) is 7.47. The first kappa shape index (κ1) is 23.3. The van der Waals surface area contributed by atoms with Gasteiger partial charge in [0.2, 0.25) is 0 Å². The molecule has 0 radical (unpaired) electrons. The van der Waals surface area contributed by atoms with Crippen molar-refractivity contribution < 1.29 is 0 Å². The van der Waals surface area contributed by atoms with Crippen LogP contribution in [0.4, 0.5) is 0 Å². The largest absolute Gasteiger partial charge is 0.312 e. The number of rotatable bonds is 2. The molecule has 192 valence electrons. The molecule has 7 aromatic rings. The van der Waals surface area contributed by atoms with Crippen LogP contribution in [-0.2, 0) is 5.41 Å². The summed E-state index contributed by atoms with van der Waals surface area (Å²) in [7, 11) is 0. The molecule has 0 saturated carbocycles. The van der Waals surface area contributed by atoms with E-state index in [4.69, 9.17) is 0 Å². The number of aromatic nitrogens is 1. The Bertz CT molecular complexity index is 2250. The van der Waals surface area contributed by atoms with E-state index in [1.165, 1.54) is 82.1 Å². The molecule has 1 nitrogen and oxygen atoms in total. The van der Waals surface area contributed by atoms with E-state index < -0.39 is 0 Å². The van der Waals surface area contributed by atoms with Gasteiger partial charge in [-0.15, -0.1) is 0 Å². The molecule has 0 aliphatic heterocycles. The third-order valence-electron chi connectivity index (χ3n) is 9.31. The number of benzene rings is 6. The molecule has 0 N–H and O–H groups in total. The summed E-state index contributed by atoms with van der Waals surface area (Å²) in [6.07, 6.45) is 2.46.